The maximum Gasteiger partial charge on any atom is 0.459 e. The molecule has 1 aromatic carbocycles. The smallest absolute Gasteiger partial charge is 0.456 e. The van der Waals surface area contributed by atoms with Gasteiger partial charge in [-0.25, -0.2) is 20.6 Å². The van der Waals surface area contributed by atoms with Crippen molar-refractivity contribution in [2.75, 3.05) is 25.6 Å². The fourth-order valence-corrected chi connectivity index (χ4v) is 5.70. The number of benzene rings is 1. The molecule has 6 atom stereocenters. The number of hydrogen-bond acceptors (Lipinski definition) is 12. The summed E-state index contributed by atoms with van der Waals surface area (Å²) in [7, 11) is -4.41. The molecule has 2 aliphatic heterocycles. The number of ether oxygens (including phenoxy) is 3. The number of aliphatic hydroxyl groups is 2. The molecule has 2 saturated heterocycles. The van der Waals surface area contributed by atoms with Crippen LogP contribution in [0, 0.1) is 6.57 Å². The van der Waals surface area contributed by atoms with E-state index in [1.54, 1.807) is 30.3 Å². The summed E-state index contributed by atoms with van der Waals surface area (Å²) in [5.74, 6) is -0.398. The summed E-state index contributed by atoms with van der Waals surface area (Å²) in [6.45, 7) is 8.90. The third-order valence-electron chi connectivity index (χ3n) is 6.42. The van der Waals surface area contributed by atoms with E-state index in [9.17, 15) is 19.6 Å². The molecule has 0 spiro atoms. The minimum atomic E-state index is -4.41. The van der Waals surface area contributed by atoms with Crippen molar-refractivity contribution >= 4 is 25.1 Å². The zero-order valence-corrected chi connectivity index (χ0v) is 22.1. The van der Waals surface area contributed by atoms with E-state index < -0.39 is 56.5 Å². The van der Waals surface area contributed by atoms with Gasteiger partial charge in [-0.05, 0) is 31.2 Å². The van der Waals surface area contributed by atoms with Gasteiger partial charge in [0.1, 0.15) is 41.9 Å². The van der Waals surface area contributed by atoms with Gasteiger partial charge in [0.25, 0.3) is 0 Å². The Morgan fingerprint density at radius 2 is 2.08 bits per heavy atom. The summed E-state index contributed by atoms with van der Waals surface area (Å²) in [4.78, 5) is 19.8. The van der Waals surface area contributed by atoms with Crippen molar-refractivity contribution in [3.8, 4) is 5.75 Å². The first-order valence-electron chi connectivity index (χ1n) is 12.2. The summed E-state index contributed by atoms with van der Waals surface area (Å²) < 4.78 is 42.6. The Kier molecular flexibility index (Phi) is 7.76. The van der Waals surface area contributed by atoms with Crippen LogP contribution in [0.15, 0.2) is 48.8 Å². The van der Waals surface area contributed by atoms with E-state index in [0.29, 0.717) is 11.2 Å². The van der Waals surface area contributed by atoms with Crippen molar-refractivity contribution in [3.63, 3.8) is 0 Å². The maximum atomic E-state index is 13.9. The van der Waals surface area contributed by atoms with E-state index in [4.69, 9.17) is 35.6 Å². The molecule has 3 aromatic rings. The molecule has 0 aliphatic carbocycles. The topological polar surface area (TPSA) is 193 Å². The molecule has 16 heteroatoms. The number of anilines is 1. The molecule has 5 N–H and O–H groups in total. The van der Waals surface area contributed by atoms with Crippen molar-refractivity contribution in [2.45, 2.75) is 43.1 Å². The second-order valence-electron chi connectivity index (χ2n) is 9.25. The lowest BCUT2D eigenvalue weighted by Crippen LogP contribution is -2.45. The van der Waals surface area contributed by atoms with Crippen LogP contribution in [0.25, 0.3) is 10.4 Å². The highest BCUT2D eigenvalue weighted by Crippen LogP contribution is 2.49. The van der Waals surface area contributed by atoms with Gasteiger partial charge < -0.3 is 29.9 Å². The van der Waals surface area contributed by atoms with E-state index in [1.165, 1.54) is 29.9 Å². The normalized spacial score (nSPS) is 26.9. The lowest BCUT2D eigenvalue weighted by Gasteiger charge is -2.28. The average Bonchev–Trinajstić information content (AvgIpc) is 3.46. The molecule has 0 radical (unpaired) electrons. The molecule has 0 bridgehead atoms. The summed E-state index contributed by atoms with van der Waals surface area (Å²) in [6, 6.07) is 10.0. The molecule has 0 unspecified atom stereocenters. The number of nitrogens with zero attached hydrogens (tertiary/aromatic N) is 4. The SMILES string of the molecule is [C-]#[N+][C@]1(CO[P@@](=O)(N[C@@H](C)C(=O)OC2COC2)Oc2ccccc2)O[C@@H](c2ccc3c(N)ncnn23)[C@H](O)[C@@H]1O. The van der Waals surface area contributed by atoms with Gasteiger partial charge >= 0.3 is 19.4 Å². The number of hydrogen-bond donors (Lipinski definition) is 4. The number of para-hydroxylation sites is 1. The van der Waals surface area contributed by atoms with Gasteiger partial charge in [0.05, 0.1) is 18.9 Å². The number of carbonyl (C=O) groups is 1. The van der Waals surface area contributed by atoms with Crippen LogP contribution < -0.4 is 15.3 Å². The van der Waals surface area contributed by atoms with Gasteiger partial charge in [-0.15, -0.1) is 0 Å². The molecule has 40 heavy (non-hydrogen) atoms. The molecule has 2 fully saturated rings. The third-order valence-corrected chi connectivity index (χ3v) is 8.05. The number of aliphatic hydroxyl groups excluding tert-OH is 2. The zero-order chi connectivity index (χ0) is 28.5. The number of rotatable bonds is 10. The lowest BCUT2D eigenvalue weighted by atomic mass is 10.0. The van der Waals surface area contributed by atoms with Crippen LogP contribution in [0.1, 0.15) is 18.7 Å². The zero-order valence-electron chi connectivity index (χ0n) is 21.2. The second kappa shape index (κ2) is 11.1. The Morgan fingerprint density at radius 3 is 2.75 bits per heavy atom. The minimum absolute atomic E-state index is 0.144. The van der Waals surface area contributed by atoms with Gasteiger partial charge in [-0.1, -0.05) is 18.2 Å². The minimum Gasteiger partial charge on any atom is -0.456 e. The summed E-state index contributed by atoms with van der Waals surface area (Å²) in [6.07, 6.45) is -3.81. The molecule has 2 aliphatic rings. The second-order valence-corrected chi connectivity index (χ2v) is 10.9. The van der Waals surface area contributed by atoms with Crippen LogP contribution in [-0.4, -0.2) is 80.7 Å². The van der Waals surface area contributed by atoms with Crippen LogP contribution in [0.2, 0.25) is 0 Å². The van der Waals surface area contributed by atoms with E-state index in [-0.39, 0.29) is 24.8 Å². The van der Waals surface area contributed by atoms with Gasteiger partial charge in [-0.3, -0.25) is 18.9 Å². The molecular formula is C24H27N6O9P. The predicted octanol–water partition coefficient (Wildman–Crippen LogP) is 0.844. The maximum absolute atomic E-state index is 13.9. The number of carbonyl (C=O) groups excluding carboxylic acids is 1. The van der Waals surface area contributed by atoms with Crippen LogP contribution in [0.3, 0.4) is 0 Å². The average molecular weight is 574 g/mol. The Bertz CT molecular complexity index is 1460. The van der Waals surface area contributed by atoms with Crippen LogP contribution in [0.5, 0.6) is 5.75 Å². The first-order valence-corrected chi connectivity index (χ1v) is 13.7. The number of nitrogens with one attached hydrogen (secondary N) is 1. The van der Waals surface area contributed by atoms with Crippen molar-refractivity contribution in [1.29, 1.82) is 0 Å². The number of esters is 1. The summed E-state index contributed by atoms with van der Waals surface area (Å²) >= 11 is 0. The fraction of sp³-hybridized carbons (Fsp3) is 0.417. The molecule has 5 rings (SSSR count). The Morgan fingerprint density at radius 1 is 1.32 bits per heavy atom. The number of nitrogens with two attached hydrogens (primary N) is 1. The Labute approximate surface area is 228 Å². The first kappa shape index (κ1) is 27.9. The molecule has 212 valence electrons. The molecular weight excluding hydrogens is 547 g/mol. The van der Waals surface area contributed by atoms with Crippen molar-refractivity contribution in [3.05, 3.63) is 65.9 Å². The monoisotopic (exact) mass is 574 g/mol. The van der Waals surface area contributed by atoms with Crippen molar-refractivity contribution < 1.29 is 42.8 Å². The van der Waals surface area contributed by atoms with Gasteiger partial charge in [0.2, 0.25) is 0 Å². The standard InChI is InChI=1S/C24H27N6O9P/c1-14(23(33)37-16-10-35-11-16)29-40(34,39-15-6-4-3-5-7-15)36-12-24(26-2)21(32)19(31)20(38-24)17-8-9-18-22(25)27-13-28-30(17)18/h3-9,13-14,16,19-21,31-32H,10-12H2,1H3,(H,29,34)(H2,25,27,28)/t14-,19-,20-,21-,24+,40-/m0/s1. The van der Waals surface area contributed by atoms with Crippen LogP contribution >= 0.6 is 7.75 Å². The largest absolute Gasteiger partial charge is 0.459 e. The molecule has 0 amide bonds. The van der Waals surface area contributed by atoms with E-state index >= 15 is 0 Å². The van der Waals surface area contributed by atoms with Gasteiger partial charge in [0, 0.05) is 0 Å². The molecule has 2 aromatic heterocycles. The quantitative estimate of drug-likeness (QED) is 0.151. The highest BCUT2D eigenvalue weighted by Gasteiger charge is 2.62. The molecule has 15 nitrogen and oxygen atoms in total. The third kappa shape index (κ3) is 5.38. The highest BCUT2D eigenvalue weighted by molar-refractivity contribution is 7.52. The highest BCUT2D eigenvalue weighted by atomic mass is 31.2. The fourth-order valence-electron chi connectivity index (χ4n) is 4.19. The van der Waals surface area contributed by atoms with E-state index in [0.717, 1.165) is 0 Å². The van der Waals surface area contributed by atoms with Crippen LogP contribution in [0.4, 0.5) is 5.82 Å². The number of aromatic nitrogens is 3. The van der Waals surface area contributed by atoms with Crippen LogP contribution in [-0.2, 0) is 28.1 Å². The van der Waals surface area contributed by atoms with Gasteiger partial charge in [-0.2, -0.15) is 10.2 Å². The van der Waals surface area contributed by atoms with Gasteiger partial charge in [0.15, 0.2) is 18.5 Å². The number of fused-ring (bicyclic) bond motifs is 1. The molecule has 4 heterocycles. The van der Waals surface area contributed by atoms with Crippen molar-refractivity contribution in [1.82, 2.24) is 19.7 Å². The first-order chi connectivity index (χ1) is 19.1. The lowest BCUT2D eigenvalue weighted by molar-refractivity contribution is -0.173. The predicted molar refractivity (Wildman–Crippen MR) is 136 cm³/mol. The summed E-state index contributed by atoms with van der Waals surface area (Å²) in [5.41, 5.74) is 4.41. The Balaban J connectivity index is 1.37. The van der Waals surface area contributed by atoms with E-state index in [2.05, 4.69) is 20.0 Å². The van der Waals surface area contributed by atoms with E-state index in [1.807, 2.05) is 0 Å². The Hall–Kier alpha value is -3.61. The molecule has 0 saturated carbocycles. The number of nitrogen functional groups attached to an aromatic ring is 1. The van der Waals surface area contributed by atoms with Crippen molar-refractivity contribution in [2.24, 2.45) is 0 Å². The summed E-state index contributed by atoms with van der Waals surface area (Å²) in [5, 5.41) is 28.4.